The van der Waals surface area contributed by atoms with Crippen LogP contribution in [0.3, 0.4) is 0 Å². The average Bonchev–Trinajstić information content (AvgIpc) is 2.56. The summed E-state index contributed by atoms with van der Waals surface area (Å²) in [5.74, 6) is 0.848. The molecule has 0 aromatic heterocycles. The molecule has 118 valence electrons. The molecule has 23 heavy (non-hydrogen) atoms. The zero-order valence-electron chi connectivity index (χ0n) is 12.8. The lowest BCUT2D eigenvalue weighted by molar-refractivity contribution is -0.384. The van der Waals surface area contributed by atoms with Crippen molar-refractivity contribution in [3.63, 3.8) is 0 Å². The summed E-state index contributed by atoms with van der Waals surface area (Å²) in [6, 6.07) is 14.0. The number of hydrogen-bond acceptors (Lipinski definition) is 5. The molecule has 6 heteroatoms. The zero-order chi connectivity index (χ0) is 16.7. The first kappa shape index (κ1) is 16.3. The van der Waals surface area contributed by atoms with Crippen LogP contribution < -0.4 is 10.1 Å². The summed E-state index contributed by atoms with van der Waals surface area (Å²) in [5.41, 5.74) is 1.83. The summed E-state index contributed by atoms with van der Waals surface area (Å²) in [7, 11) is 0. The molecule has 0 atom stereocenters. The number of nitro benzene ring substituents is 1. The van der Waals surface area contributed by atoms with E-state index in [-0.39, 0.29) is 11.3 Å². The van der Waals surface area contributed by atoms with Crippen LogP contribution in [0.1, 0.15) is 18.1 Å². The van der Waals surface area contributed by atoms with Crippen LogP contribution in [0.4, 0.5) is 11.4 Å². The summed E-state index contributed by atoms with van der Waals surface area (Å²) in [4.78, 5) is 10.2. The molecule has 0 heterocycles. The van der Waals surface area contributed by atoms with Gasteiger partial charge in [0.1, 0.15) is 11.8 Å². The normalized spacial score (nSPS) is 9.91. The van der Waals surface area contributed by atoms with E-state index < -0.39 is 4.92 Å². The molecule has 0 unspecified atom stereocenters. The highest BCUT2D eigenvalue weighted by Gasteiger charge is 2.10. The lowest BCUT2D eigenvalue weighted by Crippen LogP contribution is -2.08. The Kier molecular flexibility index (Phi) is 5.53. The van der Waals surface area contributed by atoms with Crippen LogP contribution >= 0.6 is 0 Å². The van der Waals surface area contributed by atoms with Gasteiger partial charge in [0.05, 0.1) is 22.8 Å². The first-order valence-electron chi connectivity index (χ1n) is 7.28. The molecule has 6 nitrogen and oxygen atoms in total. The number of anilines is 1. The second kappa shape index (κ2) is 7.80. The maximum absolute atomic E-state index is 10.7. The largest absolute Gasteiger partial charge is 0.494 e. The van der Waals surface area contributed by atoms with Gasteiger partial charge in [-0.1, -0.05) is 18.2 Å². The fourth-order valence-corrected chi connectivity index (χ4v) is 2.23. The standard InChI is InChI=1S/C17H17N3O3/c1-2-23-17-6-4-3-5-13(17)9-10-19-16-8-7-15(20(21)22)11-14(16)12-18/h3-8,11,19H,2,9-10H2,1H3. The van der Waals surface area contributed by atoms with E-state index in [4.69, 9.17) is 10.00 Å². The predicted molar refractivity (Wildman–Crippen MR) is 87.6 cm³/mol. The number of nitrogens with one attached hydrogen (secondary N) is 1. The smallest absolute Gasteiger partial charge is 0.270 e. The van der Waals surface area contributed by atoms with Gasteiger partial charge in [-0.05, 0) is 31.0 Å². The number of para-hydroxylation sites is 1. The van der Waals surface area contributed by atoms with Gasteiger partial charge in [-0.15, -0.1) is 0 Å². The molecule has 0 aliphatic carbocycles. The van der Waals surface area contributed by atoms with Gasteiger partial charge in [0.2, 0.25) is 0 Å². The van der Waals surface area contributed by atoms with Crippen molar-refractivity contribution < 1.29 is 9.66 Å². The molecule has 0 amide bonds. The van der Waals surface area contributed by atoms with Gasteiger partial charge in [-0.25, -0.2) is 0 Å². The van der Waals surface area contributed by atoms with E-state index in [0.717, 1.165) is 17.7 Å². The van der Waals surface area contributed by atoms with Crippen molar-refractivity contribution in [3.8, 4) is 11.8 Å². The predicted octanol–water partition coefficient (Wildman–Crippen LogP) is 3.52. The monoisotopic (exact) mass is 311 g/mol. The fourth-order valence-electron chi connectivity index (χ4n) is 2.23. The number of hydrogen-bond donors (Lipinski definition) is 1. The summed E-state index contributed by atoms with van der Waals surface area (Å²) < 4.78 is 5.57. The minimum atomic E-state index is -0.511. The third-order valence-electron chi connectivity index (χ3n) is 3.32. The molecule has 0 radical (unpaired) electrons. The number of nitro groups is 1. The summed E-state index contributed by atoms with van der Waals surface area (Å²) in [6.07, 6.45) is 0.720. The van der Waals surface area contributed by atoms with Crippen LogP contribution in [0.15, 0.2) is 42.5 Å². The van der Waals surface area contributed by atoms with Gasteiger partial charge < -0.3 is 10.1 Å². The number of ether oxygens (including phenoxy) is 1. The van der Waals surface area contributed by atoms with Gasteiger partial charge in [-0.3, -0.25) is 10.1 Å². The minimum absolute atomic E-state index is 0.0891. The van der Waals surface area contributed by atoms with Crippen LogP contribution in [0.5, 0.6) is 5.75 Å². The highest BCUT2D eigenvalue weighted by molar-refractivity contribution is 5.61. The minimum Gasteiger partial charge on any atom is -0.494 e. The highest BCUT2D eigenvalue weighted by Crippen LogP contribution is 2.22. The summed E-state index contributed by atoms with van der Waals surface area (Å²) in [6.45, 7) is 3.13. The maximum atomic E-state index is 10.7. The van der Waals surface area contributed by atoms with Crippen molar-refractivity contribution >= 4 is 11.4 Å². The highest BCUT2D eigenvalue weighted by atomic mass is 16.6. The zero-order valence-corrected chi connectivity index (χ0v) is 12.8. The Morgan fingerprint density at radius 2 is 2.09 bits per heavy atom. The third-order valence-corrected chi connectivity index (χ3v) is 3.32. The van der Waals surface area contributed by atoms with E-state index in [1.54, 1.807) is 6.07 Å². The van der Waals surface area contributed by atoms with Crippen LogP contribution in [0.2, 0.25) is 0 Å². The Bertz CT molecular complexity index is 738. The molecule has 2 aromatic rings. The van der Waals surface area contributed by atoms with E-state index in [0.29, 0.717) is 18.8 Å². The molecule has 0 saturated carbocycles. The second-order valence-corrected chi connectivity index (χ2v) is 4.82. The number of non-ortho nitro benzene ring substituents is 1. The Balaban J connectivity index is 2.05. The first-order chi connectivity index (χ1) is 11.2. The first-order valence-corrected chi connectivity index (χ1v) is 7.28. The van der Waals surface area contributed by atoms with Crippen molar-refractivity contribution in [2.24, 2.45) is 0 Å². The van der Waals surface area contributed by atoms with Crippen molar-refractivity contribution in [2.45, 2.75) is 13.3 Å². The SMILES string of the molecule is CCOc1ccccc1CCNc1ccc([N+](=O)[O-])cc1C#N. The lowest BCUT2D eigenvalue weighted by Gasteiger charge is -2.11. The van der Waals surface area contributed by atoms with E-state index in [2.05, 4.69) is 5.32 Å². The van der Waals surface area contributed by atoms with Gasteiger partial charge in [0.25, 0.3) is 5.69 Å². The second-order valence-electron chi connectivity index (χ2n) is 4.82. The Labute approximate surface area is 134 Å². The Hall–Kier alpha value is -3.07. The van der Waals surface area contributed by atoms with Gasteiger partial charge in [-0.2, -0.15) is 5.26 Å². The van der Waals surface area contributed by atoms with Crippen LogP contribution in [0, 0.1) is 21.4 Å². The van der Waals surface area contributed by atoms with Crippen molar-refractivity contribution in [1.29, 1.82) is 5.26 Å². The summed E-state index contributed by atoms with van der Waals surface area (Å²) >= 11 is 0. The van der Waals surface area contributed by atoms with E-state index in [1.807, 2.05) is 37.3 Å². The average molecular weight is 311 g/mol. The fraction of sp³-hybridized carbons (Fsp3) is 0.235. The number of nitriles is 1. The van der Waals surface area contributed by atoms with Gasteiger partial charge in [0, 0.05) is 18.7 Å². The van der Waals surface area contributed by atoms with Crippen molar-refractivity contribution in [3.05, 3.63) is 63.7 Å². The topological polar surface area (TPSA) is 88.2 Å². The molecule has 0 spiro atoms. The molecular formula is C17H17N3O3. The quantitative estimate of drug-likeness (QED) is 0.624. The van der Waals surface area contributed by atoms with E-state index in [1.165, 1.54) is 12.1 Å². The van der Waals surface area contributed by atoms with Crippen LogP contribution in [-0.2, 0) is 6.42 Å². The van der Waals surface area contributed by atoms with Crippen molar-refractivity contribution in [1.82, 2.24) is 0 Å². The van der Waals surface area contributed by atoms with Crippen LogP contribution in [0.25, 0.3) is 0 Å². The molecule has 0 aliphatic heterocycles. The van der Waals surface area contributed by atoms with Gasteiger partial charge >= 0.3 is 0 Å². The van der Waals surface area contributed by atoms with Gasteiger partial charge in [0.15, 0.2) is 0 Å². The molecule has 1 N–H and O–H groups in total. The molecule has 0 saturated heterocycles. The molecule has 0 aliphatic rings. The van der Waals surface area contributed by atoms with E-state index >= 15 is 0 Å². The van der Waals surface area contributed by atoms with Crippen molar-refractivity contribution in [2.75, 3.05) is 18.5 Å². The van der Waals surface area contributed by atoms with Crippen LogP contribution in [-0.4, -0.2) is 18.1 Å². The number of benzene rings is 2. The maximum Gasteiger partial charge on any atom is 0.270 e. The third kappa shape index (κ3) is 4.20. The number of rotatable bonds is 7. The Morgan fingerprint density at radius 1 is 1.30 bits per heavy atom. The molecule has 2 aromatic carbocycles. The van der Waals surface area contributed by atoms with E-state index in [9.17, 15) is 10.1 Å². The number of nitrogens with zero attached hydrogens (tertiary/aromatic N) is 2. The Morgan fingerprint density at radius 3 is 2.78 bits per heavy atom. The molecule has 2 rings (SSSR count). The molecule has 0 bridgehead atoms. The summed E-state index contributed by atoms with van der Waals surface area (Å²) in [5, 5.41) is 23.0. The lowest BCUT2D eigenvalue weighted by atomic mass is 10.1. The molecular weight excluding hydrogens is 294 g/mol. The molecule has 0 fully saturated rings.